The second-order valence-corrected chi connectivity index (χ2v) is 5.48. The summed E-state index contributed by atoms with van der Waals surface area (Å²) in [6.45, 7) is 4.53. The zero-order valence-corrected chi connectivity index (χ0v) is 11.7. The average Bonchev–Trinajstić information content (AvgIpc) is 2.81. The molecule has 0 radical (unpaired) electrons. The lowest BCUT2D eigenvalue weighted by molar-refractivity contribution is -0.150. The van der Waals surface area contributed by atoms with Gasteiger partial charge >= 0.3 is 12.0 Å². The number of aliphatic carboxylic acids is 1. The first-order chi connectivity index (χ1) is 9.40. The molecule has 1 aromatic heterocycles. The van der Waals surface area contributed by atoms with E-state index in [-0.39, 0.29) is 19.1 Å². The summed E-state index contributed by atoms with van der Waals surface area (Å²) in [4.78, 5) is 24.8. The molecule has 2 heterocycles. The van der Waals surface area contributed by atoms with Crippen LogP contribution in [0.25, 0.3) is 0 Å². The minimum Gasteiger partial charge on any atom is -0.481 e. The number of nitrogens with one attached hydrogen (secondary N) is 1. The average molecular weight is 281 g/mol. The molecule has 20 heavy (non-hydrogen) atoms. The summed E-state index contributed by atoms with van der Waals surface area (Å²) in [7, 11) is 0. The molecule has 2 N–H and O–H groups in total. The SMILES string of the molecule is Cc1cc(CNC(=O)N2CCCC(C)(C(=O)O)C2)no1. The van der Waals surface area contributed by atoms with Gasteiger partial charge in [0, 0.05) is 19.2 Å². The van der Waals surface area contributed by atoms with Crippen LogP contribution in [-0.2, 0) is 11.3 Å². The highest BCUT2D eigenvalue weighted by Gasteiger charge is 2.39. The number of aryl methyl sites for hydroxylation is 1. The van der Waals surface area contributed by atoms with Crippen molar-refractivity contribution in [1.82, 2.24) is 15.4 Å². The number of carbonyl (C=O) groups is 2. The number of hydrogen-bond donors (Lipinski definition) is 2. The van der Waals surface area contributed by atoms with Crippen molar-refractivity contribution < 1.29 is 19.2 Å². The molecule has 0 bridgehead atoms. The third-order valence-electron chi connectivity index (χ3n) is 3.60. The van der Waals surface area contributed by atoms with Crippen LogP contribution in [0.5, 0.6) is 0 Å². The molecule has 1 fully saturated rings. The molecule has 0 spiro atoms. The van der Waals surface area contributed by atoms with Gasteiger partial charge in [0.05, 0.1) is 12.0 Å². The molecule has 0 aliphatic carbocycles. The molecule has 1 atom stereocenters. The third kappa shape index (κ3) is 3.09. The van der Waals surface area contributed by atoms with Crippen molar-refractivity contribution in [2.75, 3.05) is 13.1 Å². The summed E-state index contributed by atoms with van der Waals surface area (Å²) in [5.74, 6) is -0.173. The summed E-state index contributed by atoms with van der Waals surface area (Å²) in [5.41, 5.74) is -0.214. The number of likely N-dealkylation sites (tertiary alicyclic amines) is 1. The fraction of sp³-hybridized carbons (Fsp3) is 0.615. The summed E-state index contributed by atoms with van der Waals surface area (Å²) in [6, 6.07) is 1.48. The number of nitrogens with zero attached hydrogens (tertiary/aromatic N) is 2. The van der Waals surface area contributed by atoms with E-state index in [9.17, 15) is 14.7 Å². The Morgan fingerprint density at radius 3 is 2.95 bits per heavy atom. The van der Waals surface area contributed by atoms with E-state index in [1.165, 1.54) is 0 Å². The molecule has 0 saturated carbocycles. The molecule has 1 aliphatic heterocycles. The van der Waals surface area contributed by atoms with Crippen molar-refractivity contribution in [3.63, 3.8) is 0 Å². The summed E-state index contributed by atoms with van der Waals surface area (Å²) in [5, 5.41) is 15.7. The van der Waals surface area contributed by atoms with Crippen LogP contribution in [0.3, 0.4) is 0 Å². The van der Waals surface area contributed by atoms with Gasteiger partial charge in [0.1, 0.15) is 11.5 Å². The normalized spacial score (nSPS) is 22.6. The maximum Gasteiger partial charge on any atom is 0.317 e. The van der Waals surface area contributed by atoms with Crippen molar-refractivity contribution in [2.24, 2.45) is 5.41 Å². The zero-order chi connectivity index (χ0) is 14.8. The quantitative estimate of drug-likeness (QED) is 0.872. The highest BCUT2D eigenvalue weighted by Crippen LogP contribution is 2.29. The molecule has 2 amide bonds. The lowest BCUT2D eigenvalue weighted by Gasteiger charge is -2.37. The number of carboxylic acid groups (broad SMARTS) is 1. The van der Waals surface area contributed by atoms with E-state index in [1.54, 1.807) is 24.8 Å². The van der Waals surface area contributed by atoms with Crippen LogP contribution in [0.4, 0.5) is 4.79 Å². The molecule has 2 rings (SSSR count). The lowest BCUT2D eigenvalue weighted by atomic mass is 9.82. The van der Waals surface area contributed by atoms with Gasteiger partial charge in [-0.25, -0.2) is 4.79 Å². The van der Waals surface area contributed by atoms with Crippen LogP contribution in [0.2, 0.25) is 0 Å². The smallest absolute Gasteiger partial charge is 0.317 e. The van der Waals surface area contributed by atoms with Gasteiger partial charge in [0.25, 0.3) is 0 Å². The molecule has 7 heteroatoms. The number of hydrogen-bond acceptors (Lipinski definition) is 4. The van der Waals surface area contributed by atoms with Gasteiger partial charge in [0.2, 0.25) is 0 Å². The Hall–Kier alpha value is -2.05. The van der Waals surface area contributed by atoms with Gasteiger partial charge in [-0.05, 0) is 26.7 Å². The topological polar surface area (TPSA) is 95.7 Å². The Morgan fingerprint density at radius 1 is 1.60 bits per heavy atom. The molecule has 1 aliphatic rings. The fourth-order valence-corrected chi connectivity index (χ4v) is 2.37. The van der Waals surface area contributed by atoms with Gasteiger partial charge in [-0.2, -0.15) is 0 Å². The van der Waals surface area contributed by atoms with E-state index >= 15 is 0 Å². The van der Waals surface area contributed by atoms with Crippen LogP contribution in [0.15, 0.2) is 10.6 Å². The number of aromatic nitrogens is 1. The Kier molecular flexibility index (Phi) is 3.96. The first kappa shape index (κ1) is 14.4. The van der Waals surface area contributed by atoms with E-state index in [4.69, 9.17) is 4.52 Å². The van der Waals surface area contributed by atoms with Gasteiger partial charge in [-0.1, -0.05) is 5.16 Å². The van der Waals surface area contributed by atoms with E-state index in [2.05, 4.69) is 10.5 Å². The predicted molar refractivity (Wildman–Crippen MR) is 70.0 cm³/mol. The Morgan fingerprint density at radius 2 is 2.35 bits per heavy atom. The second-order valence-electron chi connectivity index (χ2n) is 5.48. The number of rotatable bonds is 3. The maximum atomic E-state index is 12.1. The third-order valence-corrected chi connectivity index (χ3v) is 3.60. The molecule has 1 unspecified atom stereocenters. The van der Waals surface area contributed by atoms with Crippen molar-refractivity contribution in [3.05, 3.63) is 17.5 Å². The van der Waals surface area contributed by atoms with Gasteiger partial charge in [-0.3, -0.25) is 4.79 Å². The van der Waals surface area contributed by atoms with Crippen LogP contribution in [-0.4, -0.2) is 40.3 Å². The molecule has 1 saturated heterocycles. The molecular weight excluding hydrogens is 262 g/mol. The number of carbonyl (C=O) groups excluding carboxylic acids is 1. The van der Waals surface area contributed by atoms with Crippen molar-refractivity contribution >= 4 is 12.0 Å². The fourth-order valence-electron chi connectivity index (χ4n) is 2.37. The standard InChI is InChI=1S/C13H19N3O4/c1-9-6-10(15-20-9)7-14-12(19)16-5-3-4-13(2,8-16)11(17)18/h6H,3-5,7-8H2,1-2H3,(H,14,19)(H,17,18). The van der Waals surface area contributed by atoms with Crippen LogP contribution in [0, 0.1) is 12.3 Å². The predicted octanol–water partition coefficient (Wildman–Crippen LogP) is 1.38. The summed E-state index contributed by atoms with van der Waals surface area (Å²) < 4.78 is 4.91. The minimum atomic E-state index is -0.861. The Balaban J connectivity index is 1.90. The monoisotopic (exact) mass is 281 g/mol. The van der Waals surface area contributed by atoms with Crippen molar-refractivity contribution in [2.45, 2.75) is 33.2 Å². The van der Waals surface area contributed by atoms with Crippen LogP contribution in [0.1, 0.15) is 31.2 Å². The van der Waals surface area contributed by atoms with Crippen molar-refractivity contribution in [3.8, 4) is 0 Å². The Bertz CT molecular complexity index is 513. The molecule has 110 valence electrons. The number of amides is 2. The second kappa shape index (κ2) is 5.52. The maximum absolute atomic E-state index is 12.1. The van der Waals surface area contributed by atoms with E-state index in [1.807, 2.05) is 0 Å². The van der Waals surface area contributed by atoms with E-state index < -0.39 is 11.4 Å². The summed E-state index contributed by atoms with van der Waals surface area (Å²) >= 11 is 0. The Labute approximate surface area is 116 Å². The molecule has 7 nitrogen and oxygen atoms in total. The molecule has 0 aromatic carbocycles. The largest absolute Gasteiger partial charge is 0.481 e. The van der Waals surface area contributed by atoms with E-state index in [0.717, 1.165) is 0 Å². The minimum absolute atomic E-state index is 0.228. The number of urea groups is 1. The number of piperidine rings is 1. The highest BCUT2D eigenvalue weighted by atomic mass is 16.5. The van der Waals surface area contributed by atoms with Gasteiger partial charge < -0.3 is 19.8 Å². The number of carboxylic acids is 1. The van der Waals surface area contributed by atoms with E-state index in [0.29, 0.717) is 30.8 Å². The first-order valence-electron chi connectivity index (χ1n) is 6.59. The zero-order valence-electron chi connectivity index (χ0n) is 11.7. The van der Waals surface area contributed by atoms with Crippen LogP contribution >= 0.6 is 0 Å². The highest BCUT2D eigenvalue weighted by molar-refractivity contribution is 5.78. The van der Waals surface area contributed by atoms with Gasteiger partial charge in [0.15, 0.2) is 0 Å². The lowest BCUT2D eigenvalue weighted by Crippen LogP contribution is -2.51. The molecular formula is C13H19N3O4. The van der Waals surface area contributed by atoms with Crippen LogP contribution < -0.4 is 5.32 Å². The first-order valence-corrected chi connectivity index (χ1v) is 6.59. The summed E-state index contributed by atoms with van der Waals surface area (Å²) in [6.07, 6.45) is 1.29. The van der Waals surface area contributed by atoms with Gasteiger partial charge in [-0.15, -0.1) is 0 Å². The molecule has 1 aromatic rings. The van der Waals surface area contributed by atoms with Crippen molar-refractivity contribution in [1.29, 1.82) is 0 Å².